The fraction of sp³-hybridized carbons (Fsp3) is 0.217. The van der Waals surface area contributed by atoms with Gasteiger partial charge >= 0.3 is 0 Å². The van der Waals surface area contributed by atoms with Gasteiger partial charge in [-0.1, -0.05) is 30.3 Å². The largest absolute Gasteiger partial charge is 0.489 e. The molecule has 2 N–H and O–H groups in total. The van der Waals surface area contributed by atoms with Crippen molar-refractivity contribution in [3.8, 4) is 11.8 Å². The molecule has 2 aliphatic rings. The summed E-state index contributed by atoms with van der Waals surface area (Å²) in [4.78, 5) is 12.6. The molecule has 0 saturated carbocycles. The summed E-state index contributed by atoms with van der Waals surface area (Å²) in [6, 6.07) is 15.6. The maximum absolute atomic E-state index is 13.7. The number of Topliss-reactive ketones (excluding diaryl/α,β-unsaturated/α-hetero) is 1. The predicted octanol–water partition coefficient (Wildman–Crippen LogP) is 4.22. The van der Waals surface area contributed by atoms with Gasteiger partial charge < -0.3 is 15.2 Å². The minimum absolute atomic E-state index is 0.0172. The fourth-order valence-electron chi connectivity index (χ4n) is 3.72. The molecule has 4 rings (SSSR count). The van der Waals surface area contributed by atoms with Gasteiger partial charge in [0.1, 0.15) is 35.6 Å². The Morgan fingerprint density at radius 1 is 1.17 bits per heavy atom. The first-order valence-electron chi connectivity index (χ1n) is 9.38. The van der Waals surface area contributed by atoms with Crippen LogP contribution in [0.5, 0.6) is 5.75 Å². The number of halogens is 1. The molecule has 0 saturated heterocycles. The highest BCUT2D eigenvalue weighted by Gasteiger charge is 2.37. The fourth-order valence-corrected chi connectivity index (χ4v) is 3.72. The smallest absolute Gasteiger partial charge is 0.205 e. The lowest BCUT2D eigenvalue weighted by atomic mass is 9.77. The van der Waals surface area contributed by atoms with Crippen molar-refractivity contribution in [2.75, 3.05) is 0 Å². The second-order valence-electron chi connectivity index (χ2n) is 6.99. The number of nitrogens with zero attached hydrogens (tertiary/aromatic N) is 1. The molecule has 2 aromatic rings. The van der Waals surface area contributed by atoms with Crippen molar-refractivity contribution >= 4 is 5.78 Å². The van der Waals surface area contributed by atoms with Crippen molar-refractivity contribution in [2.24, 2.45) is 5.73 Å². The van der Waals surface area contributed by atoms with Gasteiger partial charge in [0.2, 0.25) is 5.88 Å². The van der Waals surface area contributed by atoms with Crippen LogP contribution in [0.1, 0.15) is 36.3 Å². The lowest BCUT2D eigenvalue weighted by molar-refractivity contribution is -0.116. The van der Waals surface area contributed by atoms with E-state index in [4.69, 9.17) is 15.2 Å². The van der Waals surface area contributed by atoms with Gasteiger partial charge in [0, 0.05) is 24.0 Å². The minimum Gasteiger partial charge on any atom is -0.489 e. The zero-order chi connectivity index (χ0) is 20.4. The first-order valence-corrected chi connectivity index (χ1v) is 9.38. The van der Waals surface area contributed by atoms with E-state index in [0.717, 1.165) is 5.56 Å². The normalized spacial score (nSPS) is 18.8. The Morgan fingerprint density at radius 2 is 1.93 bits per heavy atom. The molecular weight excluding hydrogens is 371 g/mol. The van der Waals surface area contributed by atoms with E-state index in [1.54, 1.807) is 42.5 Å². The first kappa shape index (κ1) is 18.8. The molecule has 0 aromatic heterocycles. The van der Waals surface area contributed by atoms with Crippen LogP contribution >= 0.6 is 0 Å². The van der Waals surface area contributed by atoms with Crippen LogP contribution in [-0.4, -0.2) is 5.78 Å². The molecule has 5 nitrogen and oxygen atoms in total. The SMILES string of the molecule is N#CC1=C(N)OC2=C(C(=O)CCC2)[C@@H]1c1ccc(OCc2ccccc2F)cc1. The van der Waals surface area contributed by atoms with Crippen LogP contribution in [0.2, 0.25) is 0 Å². The Kier molecular flexibility index (Phi) is 5.05. The highest BCUT2D eigenvalue weighted by molar-refractivity contribution is 5.99. The summed E-state index contributed by atoms with van der Waals surface area (Å²) < 4.78 is 25.0. The molecule has 29 heavy (non-hydrogen) atoms. The van der Waals surface area contributed by atoms with E-state index in [9.17, 15) is 14.4 Å². The van der Waals surface area contributed by atoms with Gasteiger partial charge in [0.15, 0.2) is 5.78 Å². The van der Waals surface area contributed by atoms with E-state index >= 15 is 0 Å². The second-order valence-corrected chi connectivity index (χ2v) is 6.99. The Labute approximate surface area is 167 Å². The number of allylic oxidation sites excluding steroid dienone is 3. The third-order valence-corrected chi connectivity index (χ3v) is 5.17. The molecule has 0 amide bonds. The van der Waals surface area contributed by atoms with Crippen LogP contribution in [0.15, 0.2) is 71.3 Å². The summed E-state index contributed by atoms with van der Waals surface area (Å²) in [7, 11) is 0. The molecule has 6 heteroatoms. The number of carbonyl (C=O) groups is 1. The van der Waals surface area contributed by atoms with E-state index in [1.165, 1.54) is 6.07 Å². The first-order chi connectivity index (χ1) is 14.1. The number of ketones is 1. The molecule has 0 radical (unpaired) electrons. The van der Waals surface area contributed by atoms with Gasteiger partial charge in [-0.25, -0.2) is 4.39 Å². The maximum atomic E-state index is 13.7. The van der Waals surface area contributed by atoms with Crippen LogP contribution in [0.25, 0.3) is 0 Å². The number of nitriles is 1. The van der Waals surface area contributed by atoms with Crippen molar-refractivity contribution in [3.63, 3.8) is 0 Å². The topological polar surface area (TPSA) is 85.3 Å². The molecule has 1 atom stereocenters. The summed E-state index contributed by atoms with van der Waals surface area (Å²) in [6.07, 6.45) is 1.77. The monoisotopic (exact) mass is 390 g/mol. The Morgan fingerprint density at radius 3 is 2.66 bits per heavy atom. The molecule has 146 valence electrons. The Bertz CT molecular complexity index is 1060. The van der Waals surface area contributed by atoms with E-state index in [2.05, 4.69) is 6.07 Å². The number of ether oxygens (including phenoxy) is 2. The number of rotatable bonds is 4. The van der Waals surface area contributed by atoms with E-state index in [-0.39, 0.29) is 29.7 Å². The van der Waals surface area contributed by atoms with Gasteiger partial charge in [0.05, 0.1) is 5.92 Å². The summed E-state index contributed by atoms with van der Waals surface area (Å²) in [5, 5.41) is 9.60. The molecule has 1 heterocycles. The van der Waals surface area contributed by atoms with E-state index in [1.807, 2.05) is 0 Å². The van der Waals surface area contributed by atoms with Crippen LogP contribution < -0.4 is 10.5 Å². The zero-order valence-electron chi connectivity index (χ0n) is 15.7. The number of carbonyl (C=O) groups excluding carboxylic acids is 1. The number of hydrogen-bond donors (Lipinski definition) is 1. The third kappa shape index (κ3) is 3.59. The quantitative estimate of drug-likeness (QED) is 0.845. The zero-order valence-corrected chi connectivity index (χ0v) is 15.7. The standard InChI is InChI=1S/C23H19FN2O3/c24-18-5-2-1-4-15(18)13-28-16-10-8-14(9-11-16)21-17(12-25)23(26)29-20-7-3-6-19(27)22(20)21/h1-2,4-5,8-11,21H,3,6-7,13,26H2/t21-/m1/s1. The van der Waals surface area contributed by atoms with Crippen LogP contribution in [0.3, 0.4) is 0 Å². The summed E-state index contributed by atoms with van der Waals surface area (Å²) >= 11 is 0. The van der Waals surface area contributed by atoms with Crippen molar-refractivity contribution in [1.82, 2.24) is 0 Å². The average Bonchev–Trinajstić information content (AvgIpc) is 2.73. The highest BCUT2D eigenvalue weighted by atomic mass is 19.1. The van der Waals surface area contributed by atoms with E-state index < -0.39 is 5.92 Å². The Balaban J connectivity index is 1.60. The molecule has 0 spiro atoms. The maximum Gasteiger partial charge on any atom is 0.205 e. The van der Waals surface area contributed by atoms with Crippen LogP contribution in [0.4, 0.5) is 4.39 Å². The molecule has 0 bridgehead atoms. The number of nitrogens with two attached hydrogens (primary N) is 1. The average molecular weight is 390 g/mol. The third-order valence-electron chi connectivity index (χ3n) is 5.17. The predicted molar refractivity (Wildman–Crippen MR) is 104 cm³/mol. The molecule has 1 aliphatic heterocycles. The van der Waals surface area contributed by atoms with Crippen LogP contribution in [-0.2, 0) is 16.1 Å². The molecule has 2 aromatic carbocycles. The number of hydrogen-bond acceptors (Lipinski definition) is 5. The second kappa shape index (κ2) is 7.80. The van der Waals surface area contributed by atoms with Crippen molar-refractivity contribution < 1.29 is 18.7 Å². The van der Waals surface area contributed by atoms with Gasteiger partial charge in [-0.2, -0.15) is 5.26 Å². The summed E-state index contributed by atoms with van der Waals surface area (Å²) in [6.45, 7) is 0.105. The summed E-state index contributed by atoms with van der Waals surface area (Å²) in [5.41, 5.74) is 7.93. The minimum atomic E-state index is -0.544. The molecule has 1 aliphatic carbocycles. The van der Waals surface area contributed by atoms with Crippen molar-refractivity contribution in [2.45, 2.75) is 31.8 Å². The van der Waals surface area contributed by atoms with E-state index in [0.29, 0.717) is 41.9 Å². The molecular formula is C23H19FN2O3. The van der Waals surface area contributed by atoms with Crippen molar-refractivity contribution in [3.05, 3.63) is 88.3 Å². The van der Waals surface area contributed by atoms with Gasteiger partial charge in [-0.15, -0.1) is 0 Å². The summed E-state index contributed by atoms with van der Waals surface area (Å²) in [5.74, 6) is 0.284. The van der Waals surface area contributed by atoms with Crippen molar-refractivity contribution in [1.29, 1.82) is 5.26 Å². The number of benzene rings is 2. The van der Waals surface area contributed by atoms with Gasteiger partial charge in [0.25, 0.3) is 0 Å². The van der Waals surface area contributed by atoms with Gasteiger partial charge in [-0.3, -0.25) is 4.79 Å². The lowest BCUT2D eigenvalue weighted by Gasteiger charge is -2.31. The Hall–Kier alpha value is -3.59. The highest BCUT2D eigenvalue weighted by Crippen LogP contribution is 2.43. The molecule has 0 fully saturated rings. The lowest BCUT2D eigenvalue weighted by Crippen LogP contribution is -2.27. The van der Waals surface area contributed by atoms with Gasteiger partial charge in [-0.05, 0) is 30.2 Å². The van der Waals surface area contributed by atoms with Crippen LogP contribution in [0, 0.1) is 17.1 Å². The molecule has 0 unspecified atom stereocenters.